The van der Waals surface area contributed by atoms with E-state index >= 15 is 0 Å². The van der Waals surface area contributed by atoms with E-state index in [-0.39, 0.29) is 35.8 Å². The normalized spacial score (nSPS) is 17.0. The van der Waals surface area contributed by atoms with Gasteiger partial charge in [0.1, 0.15) is 5.82 Å². The summed E-state index contributed by atoms with van der Waals surface area (Å²) in [4.78, 5) is 9.73. The van der Waals surface area contributed by atoms with Gasteiger partial charge in [0.15, 0.2) is 5.96 Å². The van der Waals surface area contributed by atoms with E-state index in [2.05, 4.69) is 14.8 Å². The van der Waals surface area contributed by atoms with Crippen LogP contribution >= 0.6 is 24.0 Å². The predicted octanol–water partition coefficient (Wildman–Crippen LogP) is 3.38. The molecule has 0 radical (unpaired) electrons. The summed E-state index contributed by atoms with van der Waals surface area (Å²) in [5.41, 5.74) is 8.29. The molecule has 3 rings (SSSR count). The van der Waals surface area contributed by atoms with E-state index < -0.39 is 10.8 Å². The summed E-state index contributed by atoms with van der Waals surface area (Å²) < 4.78 is 24.6. The van der Waals surface area contributed by atoms with Gasteiger partial charge in [-0.1, -0.05) is 12.1 Å². The van der Waals surface area contributed by atoms with Gasteiger partial charge in [0, 0.05) is 53.8 Å². The van der Waals surface area contributed by atoms with E-state index in [0.717, 1.165) is 42.3 Å². The van der Waals surface area contributed by atoms with E-state index in [0.29, 0.717) is 5.96 Å². The van der Waals surface area contributed by atoms with Crippen molar-refractivity contribution in [3.8, 4) is 0 Å². The Morgan fingerprint density at radius 1 is 1.07 bits per heavy atom. The molecule has 1 saturated heterocycles. The van der Waals surface area contributed by atoms with Crippen LogP contribution in [0.5, 0.6) is 0 Å². The highest BCUT2D eigenvalue weighted by Gasteiger charge is 2.19. The molecule has 2 atom stereocenters. The number of piperazine rings is 1. The van der Waals surface area contributed by atoms with Crippen molar-refractivity contribution < 1.29 is 8.60 Å². The topological polar surface area (TPSA) is 61.9 Å². The lowest BCUT2D eigenvalue weighted by Crippen LogP contribution is -2.51. The van der Waals surface area contributed by atoms with E-state index in [9.17, 15) is 8.60 Å². The van der Waals surface area contributed by atoms with Gasteiger partial charge in [-0.25, -0.2) is 9.38 Å². The molecule has 1 aliphatic heterocycles. The molecule has 0 bridgehead atoms. The minimum Gasteiger partial charge on any atom is -0.370 e. The fourth-order valence-corrected chi connectivity index (χ4v) is 3.66. The lowest BCUT2D eigenvalue weighted by molar-refractivity contribution is 0.379. The van der Waals surface area contributed by atoms with Crippen LogP contribution in [0.4, 0.5) is 10.1 Å². The number of benzene rings is 2. The highest BCUT2D eigenvalue weighted by atomic mass is 127. The number of rotatable bonds is 4. The number of anilines is 1. The zero-order chi connectivity index (χ0) is 19.4. The lowest BCUT2D eigenvalue weighted by Gasteiger charge is -2.36. The van der Waals surface area contributed by atoms with E-state index in [1.54, 1.807) is 18.4 Å². The maximum atomic E-state index is 13.1. The van der Waals surface area contributed by atoms with Crippen molar-refractivity contribution in [1.82, 2.24) is 4.90 Å². The highest BCUT2D eigenvalue weighted by molar-refractivity contribution is 14.0. The van der Waals surface area contributed by atoms with Gasteiger partial charge in [0.05, 0.1) is 6.04 Å². The van der Waals surface area contributed by atoms with Crippen LogP contribution in [0.25, 0.3) is 0 Å². The second kappa shape index (κ2) is 10.2. The minimum atomic E-state index is -0.980. The van der Waals surface area contributed by atoms with Crippen LogP contribution in [-0.4, -0.2) is 47.5 Å². The predicted molar refractivity (Wildman–Crippen MR) is 124 cm³/mol. The molecule has 2 aromatic carbocycles. The summed E-state index contributed by atoms with van der Waals surface area (Å²) >= 11 is 0. The number of hydrogen-bond donors (Lipinski definition) is 1. The average Bonchev–Trinajstić information content (AvgIpc) is 2.68. The van der Waals surface area contributed by atoms with Crippen LogP contribution in [0.15, 0.2) is 58.4 Å². The first-order valence-corrected chi connectivity index (χ1v) is 10.5. The Morgan fingerprint density at radius 2 is 1.64 bits per heavy atom. The Bertz CT molecular complexity index is 821. The Balaban J connectivity index is 0.00000280. The molecular formula is C20H26FIN4OS. The molecular weight excluding hydrogens is 490 g/mol. The second-order valence-electron chi connectivity index (χ2n) is 6.64. The average molecular weight is 516 g/mol. The SMILES string of the molecule is CC(N=C(N)N1CCN(c2ccc(F)cc2)CC1)c1ccc(S(C)=O)cc1.I. The maximum absolute atomic E-state index is 13.1. The summed E-state index contributed by atoms with van der Waals surface area (Å²) in [5, 5.41) is 0. The summed E-state index contributed by atoms with van der Waals surface area (Å²) in [6.07, 6.45) is 1.67. The van der Waals surface area contributed by atoms with Gasteiger partial charge in [-0.3, -0.25) is 4.21 Å². The fourth-order valence-electron chi connectivity index (χ4n) is 3.14. The van der Waals surface area contributed by atoms with Crippen molar-refractivity contribution in [1.29, 1.82) is 0 Å². The van der Waals surface area contributed by atoms with Gasteiger partial charge in [-0.05, 0) is 48.9 Å². The highest BCUT2D eigenvalue weighted by Crippen LogP contribution is 2.20. The summed E-state index contributed by atoms with van der Waals surface area (Å²) in [6.45, 7) is 5.17. The molecule has 0 spiro atoms. The van der Waals surface area contributed by atoms with Crippen LogP contribution < -0.4 is 10.6 Å². The molecule has 0 aromatic heterocycles. The monoisotopic (exact) mass is 516 g/mol. The standard InChI is InChI=1S/C20H25FN4OS.HI/c1-15(16-3-9-19(10-4-16)27(2)26)23-20(22)25-13-11-24(12-14-25)18-7-5-17(21)6-8-18;/h3-10,15H,11-14H2,1-2H3,(H2,22,23);1H. The molecule has 1 aliphatic rings. The van der Waals surface area contributed by atoms with E-state index in [4.69, 9.17) is 5.73 Å². The van der Waals surface area contributed by atoms with Crippen LogP contribution in [0.1, 0.15) is 18.5 Å². The van der Waals surface area contributed by atoms with E-state index in [1.807, 2.05) is 31.2 Å². The lowest BCUT2D eigenvalue weighted by atomic mass is 10.1. The molecule has 0 amide bonds. The molecule has 28 heavy (non-hydrogen) atoms. The zero-order valence-electron chi connectivity index (χ0n) is 16.0. The molecule has 5 nitrogen and oxygen atoms in total. The van der Waals surface area contributed by atoms with Crippen molar-refractivity contribution >= 4 is 46.4 Å². The Morgan fingerprint density at radius 3 is 2.18 bits per heavy atom. The Kier molecular flexibility index (Phi) is 8.23. The molecule has 0 saturated carbocycles. The van der Waals surface area contributed by atoms with Crippen LogP contribution in [0.2, 0.25) is 0 Å². The number of aliphatic imine (C=N–C) groups is 1. The van der Waals surface area contributed by atoms with Gasteiger partial charge < -0.3 is 15.5 Å². The minimum absolute atomic E-state index is 0. The van der Waals surface area contributed by atoms with Gasteiger partial charge in [0.2, 0.25) is 0 Å². The fraction of sp³-hybridized carbons (Fsp3) is 0.350. The maximum Gasteiger partial charge on any atom is 0.191 e. The van der Waals surface area contributed by atoms with Crippen molar-refractivity contribution in [3.05, 3.63) is 59.9 Å². The third kappa shape index (κ3) is 5.66. The van der Waals surface area contributed by atoms with Gasteiger partial charge in [-0.2, -0.15) is 0 Å². The number of nitrogens with two attached hydrogens (primary N) is 1. The Hall–Kier alpha value is -1.68. The summed E-state index contributed by atoms with van der Waals surface area (Å²) in [5.74, 6) is 0.311. The quantitative estimate of drug-likeness (QED) is 0.385. The molecule has 2 unspecified atom stereocenters. The molecule has 1 fully saturated rings. The first kappa shape index (κ1) is 22.6. The number of guanidine groups is 1. The van der Waals surface area contributed by atoms with Gasteiger partial charge in [0.25, 0.3) is 0 Å². The third-order valence-electron chi connectivity index (χ3n) is 4.82. The largest absolute Gasteiger partial charge is 0.370 e. The number of halogens is 2. The molecule has 2 aromatic rings. The Labute approximate surface area is 185 Å². The van der Waals surface area contributed by atoms with Gasteiger partial charge in [-0.15, -0.1) is 24.0 Å². The number of hydrogen-bond acceptors (Lipinski definition) is 3. The molecule has 152 valence electrons. The van der Waals surface area contributed by atoms with Crippen molar-refractivity contribution in [2.75, 3.05) is 37.3 Å². The zero-order valence-corrected chi connectivity index (χ0v) is 19.2. The second-order valence-corrected chi connectivity index (χ2v) is 8.02. The van der Waals surface area contributed by atoms with Gasteiger partial charge >= 0.3 is 0 Å². The molecule has 8 heteroatoms. The van der Waals surface area contributed by atoms with Crippen molar-refractivity contribution in [3.63, 3.8) is 0 Å². The summed E-state index contributed by atoms with van der Waals surface area (Å²) in [7, 11) is -0.980. The first-order valence-electron chi connectivity index (χ1n) is 8.96. The van der Waals surface area contributed by atoms with Crippen molar-refractivity contribution in [2.24, 2.45) is 10.7 Å². The smallest absolute Gasteiger partial charge is 0.191 e. The molecule has 0 aliphatic carbocycles. The van der Waals surface area contributed by atoms with Crippen molar-refractivity contribution in [2.45, 2.75) is 17.9 Å². The third-order valence-corrected chi connectivity index (χ3v) is 5.75. The number of nitrogens with zero attached hydrogens (tertiary/aromatic N) is 3. The van der Waals surface area contributed by atoms with E-state index in [1.165, 1.54) is 12.1 Å². The molecule has 2 N–H and O–H groups in total. The first-order chi connectivity index (χ1) is 12.9. The summed E-state index contributed by atoms with van der Waals surface area (Å²) in [6, 6.07) is 14.1. The molecule has 1 heterocycles. The van der Waals surface area contributed by atoms with Crippen LogP contribution in [-0.2, 0) is 10.8 Å². The van der Waals surface area contributed by atoms with Crippen LogP contribution in [0, 0.1) is 5.82 Å². The van der Waals surface area contributed by atoms with Crippen LogP contribution in [0.3, 0.4) is 0 Å².